The van der Waals surface area contributed by atoms with E-state index in [4.69, 9.17) is 90.0 Å². The Kier molecular flexibility index (Phi) is 32.7. The molecular formula is C110H97NO30. The Morgan fingerprint density at radius 1 is 0.248 bits per heavy atom. The number of imide groups is 1. The van der Waals surface area contributed by atoms with Crippen LogP contribution in [0.3, 0.4) is 0 Å². The Hall–Kier alpha value is -14.9. The van der Waals surface area contributed by atoms with Crippen molar-refractivity contribution in [3.8, 4) is 0 Å². The summed E-state index contributed by atoms with van der Waals surface area (Å²) in [6.45, 7) is -3.49. The van der Waals surface area contributed by atoms with Gasteiger partial charge in [0.05, 0.1) is 95.3 Å². The molecule has 31 heteroatoms. The van der Waals surface area contributed by atoms with Gasteiger partial charge < -0.3 is 95.1 Å². The van der Waals surface area contributed by atoms with Gasteiger partial charge in [0.25, 0.3) is 11.8 Å². The topological polar surface area (TPSA) is 370 Å². The van der Waals surface area contributed by atoms with Gasteiger partial charge in [0.2, 0.25) is 0 Å². The monoisotopic (exact) mass is 1910 g/mol. The van der Waals surface area contributed by atoms with Crippen molar-refractivity contribution in [2.24, 2.45) is 0 Å². The second kappa shape index (κ2) is 47.1. The van der Waals surface area contributed by atoms with Crippen LogP contribution < -0.4 is 0 Å². The van der Waals surface area contributed by atoms with Gasteiger partial charge >= 0.3 is 47.8 Å². The molecule has 17 rings (SSSR count). The minimum atomic E-state index is -2.23. The molecule has 0 aliphatic carbocycles. The Balaban J connectivity index is 0.784. The number of hydrogen-bond acceptors (Lipinski definition) is 30. The largest absolute Gasteiger partial charge is 0.459 e. The number of rotatable bonds is 37. The third kappa shape index (κ3) is 24.0. The number of fused-ring (bicyclic) bond motifs is 1. The Bertz CT molecular complexity index is 6160. The SMILES string of the molecule is COC1OC(COC2OC(COC3OC(COC4OC(COC(=O)c5ccccc5)C(OC(=O)c5ccccc5)C(OC(=O)c5ccccc5)C4OC(=O)c4ccccc4)C(OC(=O)c4ccccc4)C(OC(=O)c4ccccc4)C3OC(=O)c3ccccc3)C(O)C(OC(=O)c3ccccc3)C2N2C(=O)c3ccccc3C2=O)C(OCc2ccccc2)C(OCc2ccccc2)C1OCc1ccccc1. The summed E-state index contributed by atoms with van der Waals surface area (Å²) in [6, 6.07) is 92.6. The summed E-state index contributed by atoms with van der Waals surface area (Å²) in [7, 11) is 1.41. The van der Waals surface area contributed by atoms with E-state index < -0.39 is 209 Å². The lowest BCUT2D eigenvalue weighted by Gasteiger charge is -2.49. The van der Waals surface area contributed by atoms with Crippen molar-refractivity contribution in [2.75, 3.05) is 33.5 Å². The number of carbonyl (C=O) groups excluding carboxylic acids is 10. The molecular weight excluding hydrogens is 1820 g/mol. The van der Waals surface area contributed by atoms with Gasteiger partial charge in [0.15, 0.2) is 67.9 Å². The number of nitrogens with zero attached hydrogens (tertiary/aromatic N) is 1. The van der Waals surface area contributed by atoms with E-state index in [0.29, 0.717) is 0 Å². The van der Waals surface area contributed by atoms with Crippen molar-refractivity contribution in [2.45, 2.75) is 143 Å². The number of carbonyl (C=O) groups is 10. The molecule has 0 radical (unpaired) electrons. The van der Waals surface area contributed by atoms with Gasteiger partial charge in [-0.2, -0.15) is 0 Å². The molecule has 31 nitrogen and oxygen atoms in total. The summed E-state index contributed by atoms with van der Waals surface area (Å²) in [4.78, 5) is 152. The van der Waals surface area contributed by atoms with Crippen molar-refractivity contribution < 1.29 is 143 Å². The number of aliphatic hydroxyl groups excluding tert-OH is 1. The Labute approximate surface area is 809 Å². The first kappa shape index (κ1) is 97.7. The van der Waals surface area contributed by atoms with Gasteiger partial charge in [-0.15, -0.1) is 0 Å². The molecule has 20 unspecified atom stereocenters. The molecule has 5 aliphatic rings. The molecule has 722 valence electrons. The fourth-order valence-electron chi connectivity index (χ4n) is 17.0. The van der Waals surface area contributed by atoms with Crippen molar-refractivity contribution >= 4 is 59.6 Å². The minimum absolute atomic E-state index is 0.0106. The normalized spacial score (nSPS) is 24.6. The van der Waals surface area contributed by atoms with Crippen LogP contribution in [0.15, 0.2) is 358 Å². The van der Waals surface area contributed by atoms with Crippen LogP contribution in [0.2, 0.25) is 0 Å². The number of methoxy groups -OCH3 is 1. The summed E-state index contributed by atoms with van der Waals surface area (Å²) in [5.41, 5.74) is 1.73. The smallest absolute Gasteiger partial charge is 0.338 e. The van der Waals surface area contributed by atoms with E-state index in [1.54, 1.807) is 121 Å². The highest BCUT2D eigenvalue weighted by Crippen LogP contribution is 2.41. The van der Waals surface area contributed by atoms with E-state index in [1.807, 2.05) is 91.0 Å². The molecule has 0 spiro atoms. The second-order valence-corrected chi connectivity index (χ2v) is 33.3. The highest BCUT2D eigenvalue weighted by Gasteiger charge is 2.61. The van der Waals surface area contributed by atoms with E-state index >= 15 is 33.6 Å². The summed E-state index contributed by atoms with van der Waals surface area (Å²) in [5, 5.41) is 13.6. The second-order valence-electron chi connectivity index (χ2n) is 33.3. The predicted octanol–water partition coefficient (Wildman–Crippen LogP) is 13.8. The first-order valence-electron chi connectivity index (χ1n) is 45.6. The molecule has 0 bridgehead atoms. The van der Waals surface area contributed by atoms with E-state index in [-0.39, 0.29) is 75.5 Å². The van der Waals surface area contributed by atoms with Crippen molar-refractivity contribution in [3.05, 3.63) is 430 Å². The van der Waals surface area contributed by atoms with E-state index in [1.165, 1.54) is 153 Å². The first-order chi connectivity index (χ1) is 69.0. The number of benzene rings is 12. The summed E-state index contributed by atoms with van der Waals surface area (Å²) >= 11 is 0. The number of aliphatic hydroxyl groups is 1. The van der Waals surface area contributed by atoms with Crippen LogP contribution in [0, 0.1) is 0 Å². The Morgan fingerprint density at radius 3 is 0.837 bits per heavy atom. The number of esters is 8. The number of hydrogen-bond donors (Lipinski definition) is 1. The zero-order valence-corrected chi connectivity index (χ0v) is 75.8. The van der Waals surface area contributed by atoms with Crippen LogP contribution in [0.4, 0.5) is 0 Å². The van der Waals surface area contributed by atoms with Crippen molar-refractivity contribution in [1.82, 2.24) is 4.90 Å². The lowest BCUT2D eigenvalue weighted by atomic mass is 9.94. The molecule has 4 saturated heterocycles. The van der Waals surface area contributed by atoms with Crippen LogP contribution in [0.25, 0.3) is 0 Å². The highest BCUT2D eigenvalue weighted by molar-refractivity contribution is 6.21. The zero-order valence-electron chi connectivity index (χ0n) is 75.8. The van der Waals surface area contributed by atoms with Crippen LogP contribution >= 0.6 is 0 Å². The van der Waals surface area contributed by atoms with Gasteiger partial charge in [-0.3, -0.25) is 14.5 Å². The maximum atomic E-state index is 15.4. The molecule has 2 amide bonds. The van der Waals surface area contributed by atoms with Crippen LogP contribution in [0.1, 0.15) is 120 Å². The number of ether oxygens (including phenoxy) is 19. The van der Waals surface area contributed by atoms with Crippen LogP contribution in [-0.4, -0.2) is 226 Å². The molecule has 141 heavy (non-hydrogen) atoms. The summed E-state index contributed by atoms with van der Waals surface area (Å²) < 4.78 is 127. The summed E-state index contributed by atoms with van der Waals surface area (Å²) in [5.74, 6) is -10.4. The van der Waals surface area contributed by atoms with E-state index in [2.05, 4.69) is 0 Å². The molecule has 0 aromatic heterocycles. The maximum absolute atomic E-state index is 15.4. The summed E-state index contributed by atoms with van der Waals surface area (Å²) in [6.07, 6.45) is -34.6. The molecule has 4 fully saturated rings. The van der Waals surface area contributed by atoms with Crippen LogP contribution in [-0.2, 0) is 110 Å². The Morgan fingerprint density at radius 2 is 0.496 bits per heavy atom. The molecule has 5 heterocycles. The quantitative estimate of drug-likeness (QED) is 0.0215. The van der Waals surface area contributed by atoms with Gasteiger partial charge in [-0.1, -0.05) is 249 Å². The van der Waals surface area contributed by atoms with Gasteiger partial charge in [0.1, 0.15) is 61.5 Å². The van der Waals surface area contributed by atoms with Gasteiger partial charge in [-0.25, -0.2) is 38.4 Å². The van der Waals surface area contributed by atoms with Gasteiger partial charge in [0, 0.05) is 7.11 Å². The lowest BCUT2D eigenvalue weighted by Crippen LogP contribution is -2.68. The van der Waals surface area contributed by atoms with E-state index in [9.17, 15) is 19.5 Å². The van der Waals surface area contributed by atoms with Crippen molar-refractivity contribution in [1.29, 1.82) is 0 Å². The third-order valence-electron chi connectivity index (χ3n) is 24.1. The first-order valence-corrected chi connectivity index (χ1v) is 45.6. The fraction of sp³-hybridized carbons (Fsp3) is 0.255. The standard InChI is InChI=1S/C110H97NO30/c1-123-108-94(126-63-70-41-17-4-18-42-70)91(125-62-69-39-15-3-16-40-69)87(124-61-68-37-13-2-14-38-68)82(132-108)66-128-107-85(111-97(113)79-59-35-36-60-80(79)98(111)114)90(137-102(118)74-49-25-8-26-50-74)86(112)81(131-107)64-129-109-95(140-105(121)77-55-31-11-32-56-77)93(139-104(120)76-53-29-10-30-54-76)89(136-101(117)73-47-23-7-24-48-73)84(134-109)67-130-110-96(141-106(122)78-57-33-12-34-58-78)92(138-103(119)75-51-27-9-28-52-75)88(135-100(116)72-45-21-6-22-46-72)83(133-110)65-127-99(115)71-43-19-5-20-44-71/h2-60,81-96,107-110,112H,61-67H2,1H3. The molecule has 1 N–H and O–H groups in total. The van der Waals surface area contributed by atoms with Crippen LogP contribution in [0.5, 0.6) is 0 Å². The minimum Gasteiger partial charge on any atom is -0.459 e. The van der Waals surface area contributed by atoms with Crippen molar-refractivity contribution in [3.63, 3.8) is 0 Å². The number of amides is 2. The molecule has 5 aliphatic heterocycles. The fourth-order valence-corrected chi connectivity index (χ4v) is 17.0. The van der Waals surface area contributed by atoms with Gasteiger partial charge in [-0.05, 0) is 126 Å². The average molecular weight is 1910 g/mol. The molecule has 12 aromatic carbocycles. The predicted molar refractivity (Wildman–Crippen MR) is 498 cm³/mol. The molecule has 0 saturated carbocycles. The molecule has 12 aromatic rings. The molecule has 20 atom stereocenters. The maximum Gasteiger partial charge on any atom is 0.338 e. The lowest BCUT2D eigenvalue weighted by molar-refractivity contribution is -0.344. The highest BCUT2D eigenvalue weighted by atomic mass is 16.8. The average Bonchev–Trinajstić information content (AvgIpc) is 1.61. The zero-order chi connectivity index (χ0) is 97.5. The third-order valence-corrected chi connectivity index (χ3v) is 24.1. The van der Waals surface area contributed by atoms with E-state index in [0.717, 1.165) is 21.6 Å².